The number of hydrogen-bond donors (Lipinski definition) is 2. The first-order chi connectivity index (χ1) is 14.9. The standard InChI is InChI=1S/C24H33N3O3S/c1-3-26-31(29,30)22-12-11-19(2)23(16-22)24(28)25-17-20-9-8-10-21(15-20)18-27-13-6-4-5-7-14-27/h8-12,15-16,26H,3-7,13-14,17-18H2,1-2H3,(H,25,28). The Morgan fingerprint density at radius 3 is 2.42 bits per heavy atom. The molecule has 1 heterocycles. The van der Waals surface area contributed by atoms with Gasteiger partial charge in [-0.05, 0) is 61.7 Å². The zero-order valence-electron chi connectivity index (χ0n) is 18.5. The maximum Gasteiger partial charge on any atom is 0.251 e. The van der Waals surface area contributed by atoms with Crippen LogP contribution in [0.4, 0.5) is 0 Å². The quantitative estimate of drug-likeness (QED) is 0.653. The molecule has 1 aliphatic rings. The molecule has 168 valence electrons. The number of hydrogen-bond acceptors (Lipinski definition) is 4. The van der Waals surface area contributed by atoms with Gasteiger partial charge in [-0.25, -0.2) is 13.1 Å². The molecular formula is C24H33N3O3S. The van der Waals surface area contributed by atoms with Gasteiger partial charge in [-0.1, -0.05) is 50.1 Å². The summed E-state index contributed by atoms with van der Waals surface area (Å²) in [4.78, 5) is 15.4. The Labute approximate surface area is 186 Å². The van der Waals surface area contributed by atoms with E-state index in [2.05, 4.69) is 27.1 Å². The molecule has 1 aliphatic heterocycles. The molecule has 0 bridgehead atoms. The third-order valence-corrected chi connectivity index (χ3v) is 7.19. The van der Waals surface area contributed by atoms with Crippen LogP contribution in [0.25, 0.3) is 0 Å². The summed E-state index contributed by atoms with van der Waals surface area (Å²) in [6, 6.07) is 12.9. The molecule has 0 unspecified atom stereocenters. The molecule has 2 aromatic carbocycles. The van der Waals surface area contributed by atoms with Crippen LogP contribution in [0.15, 0.2) is 47.4 Å². The third-order valence-electron chi connectivity index (χ3n) is 5.65. The average Bonchev–Trinajstić information content (AvgIpc) is 3.01. The molecule has 3 rings (SSSR count). The van der Waals surface area contributed by atoms with Crippen molar-refractivity contribution in [3.8, 4) is 0 Å². The summed E-state index contributed by atoms with van der Waals surface area (Å²) in [5.41, 5.74) is 3.40. The molecule has 6 nitrogen and oxygen atoms in total. The van der Waals surface area contributed by atoms with Gasteiger partial charge >= 0.3 is 0 Å². The van der Waals surface area contributed by atoms with Crippen LogP contribution in [-0.4, -0.2) is 38.9 Å². The highest BCUT2D eigenvalue weighted by molar-refractivity contribution is 7.89. The predicted octanol–water partition coefficient (Wildman–Crippen LogP) is 3.60. The van der Waals surface area contributed by atoms with E-state index in [4.69, 9.17) is 0 Å². The van der Waals surface area contributed by atoms with E-state index in [0.717, 1.165) is 30.8 Å². The van der Waals surface area contributed by atoms with Crippen molar-refractivity contribution >= 4 is 15.9 Å². The summed E-state index contributed by atoms with van der Waals surface area (Å²) < 4.78 is 27.0. The molecule has 7 heteroatoms. The van der Waals surface area contributed by atoms with Gasteiger partial charge in [0.2, 0.25) is 10.0 Å². The summed E-state index contributed by atoms with van der Waals surface area (Å²) in [6.07, 6.45) is 5.16. The maximum absolute atomic E-state index is 12.8. The molecule has 31 heavy (non-hydrogen) atoms. The number of likely N-dealkylation sites (tertiary alicyclic amines) is 1. The van der Waals surface area contributed by atoms with Crippen molar-refractivity contribution in [1.82, 2.24) is 14.9 Å². The lowest BCUT2D eigenvalue weighted by Crippen LogP contribution is -2.26. The Bertz CT molecular complexity index is 997. The van der Waals surface area contributed by atoms with E-state index in [1.165, 1.54) is 43.4 Å². The van der Waals surface area contributed by atoms with Crippen molar-refractivity contribution in [3.63, 3.8) is 0 Å². The third kappa shape index (κ3) is 6.63. The molecule has 0 aliphatic carbocycles. The second-order valence-corrected chi connectivity index (χ2v) is 9.94. The molecule has 2 aromatic rings. The van der Waals surface area contributed by atoms with Gasteiger partial charge in [0, 0.05) is 25.2 Å². The number of aryl methyl sites for hydroxylation is 1. The van der Waals surface area contributed by atoms with Crippen molar-refractivity contribution in [2.45, 2.75) is 57.5 Å². The van der Waals surface area contributed by atoms with Gasteiger partial charge in [0.05, 0.1) is 4.90 Å². The molecule has 0 atom stereocenters. The first-order valence-corrected chi connectivity index (χ1v) is 12.6. The fourth-order valence-electron chi connectivity index (χ4n) is 3.95. The van der Waals surface area contributed by atoms with E-state index in [1.54, 1.807) is 19.9 Å². The van der Waals surface area contributed by atoms with Gasteiger partial charge in [0.15, 0.2) is 0 Å². The monoisotopic (exact) mass is 443 g/mol. The highest BCUT2D eigenvalue weighted by Crippen LogP contribution is 2.17. The number of carbonyl (C=O) groups excluding carboxylic acids is 1. The first kappa shape index (κ1) is 23.4. The Morgan fingerprint density at radius 2 is 1.71 bits per heavy atom. The fraction of sp³-hybridized carbons (Fsp3) is 0.458. The van der Waals surface area contributed by atoms with E-state index >= 15 is 0 Å². The van der Waals surface area contributed by atoms with Crippen LogP contribution in [0.2, 0.25) is 0 Å². The lowest BCUT2D eigenvalue weighted by Gasteiger charge is -2.20. The van der Waals surface area contributed by atoms with Crippen molar-refractivity contribution in [3.05, 3.63) is 64.7 Å². The zero-order valence-corrected chi connectivity index (χ0v) is 19.3. The van der Waals surface area contributed by atoms with E-state index < -0.39 is 10.0 Å². The first-order valence-electron chi connectivity index (χ1n) is 11.1. The van der Waals surface area contributed by atoms with Crippen molar-refractivity contribution in [2.24, 2.45) is 0 Å². The molecule has 2 N–H and O–H groups in total. The lowest BCUT2D eigenvalue weighted by atomic mass is 10.1. The van der Waals surface area contributed by atoms with Crippen molar-refractivity contribution in [1.29, 1.82) is 0 Å². The van der Waals surface area contributed by atoms with Crippen LogP contribution in [0, 0.1) is 6.92 Å². The van der Waals surface area contributed by atoms with E-state index in [0.29, 0.717) is 18.7 Å². The maximum atomic E-state index is 12.8. The lowest BCUT2D eigenvalue weighted by molar-refractivity contribution is 0.0950. The van der Waals surface area contributed by atoms with Crippen LogP contribution in [0.1, 0.15) is 59.7 Å². The highest BCUT2D eigenvalue weighted by atomic mass is 32.2. The number of nitrogens with one attached hydrogen (secondary N) is 2. The van der Waals surface area contributed by atoms with Crippen LogP contribution >= 0.6 is 0 Å². The molecule has 0 spiro atoms. The van der Waals surface area contributed by atoms with Crippen LogP contribution in [0.3, 0.4) is 0 Å². The van der Waals surface area contributed by atoms with Crippen LogP contribution in [-0.2, 0) is 23.1 Å². The SMILES string of the molecule is CCNS(=O)(=O)c1ccc(C)c(C(=O)NCc2cccc(CN3CCCCCC3)c2)c1. The number of carbonyl (C=O) groups is 1. The van der Waals surface area contributed by atoms with Gasteiger partial charge in [-0.15, -0.1) is 0 Å². The smallest absolute Gasteiger partial charge is 0.251 e. The van der Waals surface area contributed by atoms with E-state index in [1.807, 2.05) is 12.1 Å². The minimum absolute atomic E-state index is 0.101. The van der Waals surface area contributed by atoms with Crippen LogP contribution < -0.4 is 10.0 Å². The predicted molar refractivity (Wildman–Crippen MR) is 123 cm³/mol. The average molecular weight is 444 g/mol. The number of benzene rings is 2. The number of sulfonamides is 1. The number of nitrogens with zero attached hydrogens (tertiary/aromatic N) is 1. The summed E-state index contributed by atoms with van der Waals surface area (Å²) >= 11 is 0. The van der Waals surface area contributed by atoms with Gasteiger partial charge in [-0.3, -0.25) is 9.69 Å². The summed E-state index contributed by atoms with van der Waals surface area (Å²) in [5.74, 6) is -0.274. The molecule has 0 saturated carbocycles. The Morgan fingerprint density at radius 1 is 1.00 bits per heavy atom. The topological polar surface area (TPSA) is 78.5 Å². The Hall–Kier alpha value is -2.22. The fourth-order valence-corrected chi connectivity index (χ4v) is 5.02. The summed E-state index contributed by atoms with van der Waals surface area (Å²) in [5, 5.41) is 2.94. The molecular weight excluding hydrogens is 410 g/mol. The number of rotatable bonds is 8. The minimum Gasteiger partial charge on any atom is -0.348 e. The summed E-state index contributed by atoms with van der Waals surface area (Å²) in [6.45, 7) is 7.45. The highest BCUT2D eigenvalue weighted by Gasteiger charge is 2.17. The van der Waals surface area contributed by atoms with Gasteiger partial charge in [-0.2, -0.15) is 0 Å². The molecule has 0 radical (unpaired) electrons. The molecule has 0 aromatic heterocycles. The second kappa shape index (κ2) is 10.9. The van der Waals surface area contributed by atoms with Crippen molar-refractivity contribution < 1.29 is 13.2 Å². The molecule has 1 amide bonds. The minimum atomic E-state index is -3.61. The second-order valence-electron chi connectivity index (χ2n) is 8.17. The normalized spacial score (nSPS) is 15.4. The van der Waals surface area contributed by atoms with E-state index in [-0.39, 0.29) is 10.8 Å². The summed E-state index contributed by atoms with van der Waals surface area (Å²) in [7, 11) is -3.61. The largest absolute Gasteiger partial charge is 0.348 e. The Kier molecular flexibility index (Phi) is 8.23. The van der Waals surface area contributed by atoms with E-state index in [9.17, 15) is 13.2 Å². The van der Waals surface area contributed by atoms with Crippen molar-refractivity contribution in [2.75, 3.05) is 19.6 Å². The Balaban J connectivity index is 1.65. The van der Waals surface area contributed by atoms with Gasteiger partial charge in [0.25, 0.3) is 5.91 Å². The van der Waals surface area contributed by atoms with Gasteiger partial charge in [0.1, 0.15) is 0 Å². The van der Waals surface area contributed by atoms with Crippen LogP contribution in [0.5, 0.6) is 0 Å². The zero-order chi connectivity index (χ0) is 22.3. The molecule has 1 fully saturated rings. The van der Waals surface area contributed by atoms with Gasteiger partial charge < -0.3 is 5.32 Å². The molecule has 1 saturated heterocycles. The number of amides is 1.